The molecule has 0 saturated carbocycles. The summed E-state index contributed by atoms with van der Waals surface area (Å²) < 4.78 is 19.7. The van der Waals surface area contributed by atoms with Gasteiger partial charge in [0.1, 0.15) is 0 Å². The second-order valence-corrected chi connectivity index (χ2v) is 7.58. The predicted molar refractivity (Wildman–Crippen MR) is 93.3 cm³/mol. The highest BCUT2D eigenvalue weighted by Gasteiger charge is 2.32. The van der Waals surface area contributed by atoms with E-state index in [9.17, 15) is 4.57 Å². The summed E-state index contributed by atoms with van der Waals surface area (Å²) in [7, 11) is -2.51. The number of rotatable bonds is 4. The van der Waals surface area contributed by atoms with E-state index >= 15 is 0 Å². The van der Waals surface area contributed by atoms with E-state index in [-0.39, 0.29) is 0 Å². The molecule has 0 spiro atoms. The van der Waals surface area contributed by atoms with Crippen LogP contribution in [0.4, 0.5) is 0 Å². The SMILES string of the molecule is CC.CC.CCOP(C)(=O)N1CCC(N2CCCC2)CC1. The monoisotopic (exact) mass is 320 g/mol. The molecule has 128 valence electrons. The molecule has 2 saturated heterocycles. The molecular formula is C16H37N2O2P. The van der Waals surface area contributed by atoms with Crippen molar-refractivity contribution in [1.29, 1.82) is 0 Å². The van der Waals surface area contributed by atoms with E-state index < -0.39 is 7.52 Å². The lowest BCUT2D eigenvalue weighted by Crippen LogP contribution is -2.42. The highest BCUT2D eigenvalue weighted by Crippen LogP contribution is 2.48. The van der Waals surface area contributed by atoms with Crippen molar-refractivity contribution in [3.05, 3.63) is 0 Å². The van der Waals surface area contributed by atoms with Crippen LogP contribution in [0, 0.1) is 0 Å². The fraction of sp³-hybridized carbons (Fsp3) is 1.00. The molecule has 4 nitrogen and oxygen atoms in total. The predicted octanol–water partition coefficient (Wildman–Crippen LogP) is 4.46. The highest BCUT2D eigenvalue weighted by molar-refractivity contribution is 7.55. The van der Waals surface area contributed by atoms with Crippen LogP contribution in [-0.2, 0) is 9.09 Å². The van der Waals surface area contributed by atoms with Crippen molar-refractivity contribution in [3.8, 4) is 0 Å². The Morgan fingerprint density at radius 3 is 1.90 bits per heavy atom. The summed E-state index contributed by atoms with van der Waals surface area (Å²) in [6, 6.07) is 0.718. The van der Waals surface area contributed by atoms with Gasteiger partial charge in [-0.1, -0.05) is 27.7 Å². The first-order chi connectivity index (χ1) is 10.1. The van der Waals surface area contributed by atoms with E-state index in [1.807, 2.05) is 34.6 Å². The van der Waals surface area contributed by atoms with Crippen LogP contribution in [0.3, 0.4) is 0 Å². The molecule has 2 rings (SSSR count). The van der Waals surface area contributed by atoms with Crippen molar-refractivity contribution in [2.45, 2.75) is 66.3 Å². The van der Waals surface area contributed by atoms with E-state index in [1.54, 1.807) is 6.66 Å². The van der Waals surface area contributed by atoms with Gasteiger partial charge in [0.15, 0.2) is 0 Å². The molecule has 0 radical (unpaired) electrons. The summed E-state index contributed by atoms with van der Waals surface area (Å²) in [6.07, 6.45) is 4.99. The van der Waals surface area contributed by atoms with Crippen molar-refractivity contribution in [2.24, 2.45) is 0 Å². The molecule has 2 aliphatic rings. The second-order valence-electron chi connectivity index (χ2n) is 5.15. The first-order valence-corrected chi connectivity index (χ1v) is 10.9. The molecule has 0 aromatic rings. The van der Waals surface area contributed by atoms with Crippen molar-refractivity contribution < 1.29 is 9.09 Å². The van der Waals surface area contributed by atoms with E-state index in [2.05, 4.69) is 9.57 Å². The minimum Gasteiger partial charge on any atom is -0.318 e. The van der Waals surface area contributed by atoms with Crippen LogP contribution >= 0.6 is 7.52 Å². The Morgan fingerprint density at radius 1 is 1.00 bits per heavy atom. The van der Waals surface area contributed by atoms with Crippen LogP contribution in [-0.4, -0.2) is 55.1 Å². The highest BCUT2D eigenvalue weighted by atomic mass is 31.2. The van der Waals surface area contributed by atoms with Gasteiger partial charge in [0, 0.05) is 25.8 Å². The Morgan fingerprint density at radius 2 is 1.48 bits per heavy atom. The quantitative estimate of drug-likeness (QED) is 0.716. The fourth-order valence-electron chi connectivity index (χ4n) is 3.01. The molecule has 5 heteroatoms. The maximum Gasteiger partial charge on any atom is 0.269 e. The average Bonchev–Trinajstić information content (AvgIpc) is 3.06. The molecule has 0 N–H and O–H groups in total. The molecule has 1 atom stereocenters. The summed E-state index contributed by atoms with van der Waals surface area (Å²) in [5.41, 5.74) is 0. The van der Waals surface area contributed by atoms with Crippen LogP contribution in [0.25, 0.3) is 0 Å². The Labute approximate surface area is 132 Å². The normalized spacial score (nSPS) is 23.5. The van der Waals surface area contributed by atoms with Gasteiger partial charge < -0.3 is 9.42 Å². The summed E-state index contributed by atoms with van der Waals surface area (Å²) in [6.45, 7) is 16.6. The van der Waals surface area contributed by atoms with E-state index in [0.717, 1.165) is 32.0 Å². The Kier molecular flexibility index (Phi) is 11.7. The molecule has 0 bridgehead atoms. The third kappa shape index (κ3) is 6.81. The lowest BCUT2D eigenvalue weighted by atomic mass is 10.1. The van der Waals surface area contributed by atoms with Crippen molar-refractivity contribution in [2.75, 3.05) is 39.5 Å². The summed E-state index contributed by atoms with van der Waals surface area (Å²) in [5, 5.41) is 0. The summed E-state index contributed by atoms with van der Waals surface area (Å²) >= 11 is 0. The average molecular weight is 320 g/mol. The molecule has 1 unspecified atom stereocenters. The van der Waals surface area contributed by atoms with Crippen LogP contribution in [0.2, 0.25) is 0 Å². The number of hydrogen-bond acceptors (Lipinski definition) is 3. The Balaban J connectivity index is 0.000000921. The van der Waals surface area contributed by atoms with Gasteiger partial charge in [-0.15, -0.1) is 0 Å². The fourth-order valence-corrected chi connectivity index (χ4v) is 4.61. The lowest BCUT2D eigenvalue weighted by Gasteiger charge is -2.38. The van der Waals surface area contributed by atoms with Gasteiger partial charge in [0.05, 0.1) is 6.61 Å². The van der Waals surface area contributed by atoms with E-state index in [1.165, 1.54) is 25.9 Å². The van der Waals surface area contributed by atoms with Crippen LogP contribution in [0.5, 0.6) is 0 Å². The molecule has 0 aliphatic carbocycles. The van der Waals surface area contributed by atoms with Gasteiger partial charge >= 0.3 is 0 Å². The van der Waals surface area contributed by atoms with Gasteiger partial charge in [0.25, 0.3) is 7.52 Å². The molecule has 2 heterocycles. The maximum atomic E-state index is 12.3. The topological polar surface area (TPSA) is 32.8 Å². The van der Waals surface area contributed by atoms with Gasteiger partial charge in [-0.05, 0) is 45.7 Å². The zero-order chi connectivity index (χ0) is 16.3. The third-order valence-corrected chi connectivity index (χ3v) is 6.15. The first-order valence-electron chi connectivity index (χ1n) is 8.85. The largest absolute Gasteiger partial charge is 0.318 e. The van der Waals surface area contributed by atoms with Crippen LogP contribution in [0.1, 0.15) is 60.3 Å². The lowest BCUT2D eigenvalue weighted by molar-refractivity contribution is 0.156. The number of nitrogens with zero attached hydrogens (tertiary/aromatic N) is 2. The third-order valence-electron chi connectivity index (χ3n) is 3.98. The van der Waals surface area contributed by atoms with Gasteiger partial charge in [-0.2, -0.15) is 0 Å². The van der Waals surface area contributed by atoms with Gasteiger partial charge in [-0.25, -0.2) is 4.67 Å². The van der Waals surface area contributed by atoms with Gasteiger partial charge in [-0.3, -0.25) is 4.57 Å². The number of hydrogen-bond donors (Lipinski definition) is 0. The molecule has 2 aliphatic heterocycles. The minimum atomic E-state index is -2.51. The van der Waals surface area contributed by atoms with Crippen molar-refractivity contribution >= 4 is 7.52 Å². The number of likely N-dealkylation sites (tertiary alicyclic amines) is 1. The standard InChI is InChI=1S/C12H25N2O2P.2C2H6/c1-3-16-17(2,15)14-10-6-12(7-11-14)13-8-4-5-9-13;2*1-2/h12H,3-11H2,1-2H3;2*1-2H3. The van der Waals surface area contributed by atoms with Crippen molar-refractivity contribution in [1.82, 2.24) is 9.57 Å². The van der Waals surface area contributed by atoms with Crippen LogP contribution in [0.15, 0.2) is 0 Å². The molecule has 2 fully saturated rings. The Hall–Kier alpha value is 0.110. The first kappa shape index (κ1) is 21.1. The zero-order valence-corrected chi connectivity index (χ0v) is 16.0. The molecular weight excluding hydrogens is 283 g/mol. The van der Waals surface area contributed by atoms with Crippen molar-refractivity contribution in [3.63, 3.8) is 0 Å². The second kappa shape index (κ2) is 11.6. The maximum absolute atomic E-state index is 12.3. The Bertz CT molecular complexity index is 286. The number of piperidine rings is 1. The molecule has 0 aromatic carbocycles. The molecule has 0 aromatic heterocycles. The van der Waals surface area contributed by atoms with Gasteiger partial charge in [0.2, 0.25) is 0 Å². The minimum absolute atomic E-state index is 0.541. The zero-order valence-electron chi connectivity index (χ0n) is 15.1. The molecule has 0 amide bonds. The summed E-state index contributed by atoms with van der Waals surface area (Å²) in [4.78, 5) is 2.61. The van der Waals surface area contributed by atoms with E-state index in [0.29, 0.717) is 6.61 Å². The van der Waals surface area contributed by atoms with Crippen LogP contribution < -0.4 is 0 Å². The van der Waals surface area contributed by atoms with E-state index in [4.69, 9.17) is 4.52 Å². The summed E-state index contributed by atoms with van der Waals surface area (Å²) in [5.74, 6) is 0. The smallest absolute Gasteiger partial charge is 0.269 e. The molecule has 21 heavy (non-hydrogen) atoms.